The zero-order valence-electron chi connectivity index (χ0n) is 15.9. The van der Waals surface area contributed by atoms with Crippen molar-refractivity contribution in [2.75, 3.05) is 5.32 Å². The van der Waals surface area contributed by atoms with E-state index in [1.807, 2.05) is 45.0 Å². The molecule has 0 bridgehead atoms. The summed E-state index contributed by atoms with van der Waals surface area (Å²) in [5, 5.41) is 11.6. The summed E-state index contributed by atoms with van der Waals surface area (Å²) in [6, 6.07) is 13.2. The van der Waals surface area contributed by atoms with Gasteiger partial charge in [-0.3, -0.25) is 9.20 Å². The number of pyridine rings is 1. The number of aromatic nitrogens is 5. The van der Waals surface area contributed by atoms with Crippen LogP contribution in [0.3, 0.4) is 0 Å². The van der Waals surface area contributed by atoms with Crippen LogP contribution in [0.1, 0.15) is 17.0 Å². The number of carbonyl (C=O) groups excluding carboxylic acids is 1. The van der Waals surface area contributed by atoms with Gasteiger partial charge in [0, 0.05) is 6.20 Å². The Morgan fingerprint density at radius 3 is 2.50 bits per heavy atom. The highest BCUT2D eigenvalue weighted by molar-refractivity contribution is 5.91. The normalized spacial score (nSPS) is 11.1. The first-order chi connectivity index (χ1) is 13.4. The molecule has 8 nitrogen and oxygen atoms in total. The maximum Gasteiger partial charge on any atom is 0.350 e. The van der Waals surface area contributed by atoms with Crippen LogP contribution in [-0.4, -0.2) is 29.9 Å². The van der Waals surface area contributed by atoms with Crippen LogP contribution in [0.25, 0.3) is 11.3 Å². The molecule has 3 heterocycles. The first-order valence-electron chi connectivity index (χ1n) is 8.91. The molecule has 1 amide bonds. The Labute approximate surface area is 161 Å². The monoisotopic (exact) mass is 376 g/mol. The van der Waals surface area contributed by atoms with Crippen molar-refractivity contribution in [3.63, 3.8) is 0 Å². The van der Waals surface area contributed by atoms with Crippen molar-refractivity contribution in [2.45, 2.75) is 27.3 Å². The van der Waals surface area contributed by atoms with Gasteiger partial charge in [-0.2, -0.15) is 5.10 Å². The number of carbonyl (C=O) groups is 1. The fourth-order valence-corrected chi connectivity index (χ4v) is 3.15. The van der Waals surface area contributed by atoms with E-state index >= 15 is 0 Å². The zero-order chi connectivity index (χ0) is 19.8. The molecule has 0 radical (unpaired) electrons. The van der Waals surface area contributed by atoms with Gasteiger partial charge in [0.2, 0.25) is 5.91 Å². The maximum atomic E-state index is 12.5. The molecule has 0 fully saturated rings. The summed E-state index contributed by atoms with van der Waals surface area (Å²) >= 11 is 0. The van der Waals surface area contributed by atoms with Crippen molar-refractivity contribution < 1.29 is 4.79 Å². The van der Waals surface area contributed by atoms with Gasteiger partial charge < -0.3 is 5.32 Å². The average molecular weight is 376 g/mol. The molecule has 1 N–H and O–H groups in total. The molecule has 142 valence electrons. The van der Waals surface area contributed by atoms with Gasteiger partial charge in [0.25, 0.3) is 0 Å². The lowest BCUT2D eigenvalue weighted by atomic mass is 10.2. The van der Waals surface area contributed by atoms with Gasteiger partial charge in [-0.05, 0) is 45.0 Å². The number of hydrogen-bond acceptors (Lipinski definition) is 4. The van der Waals surface area contributed by atoms with Crippen LogP contribution in [-0.2, 0) is 11.3 Å². The standard InChI is InChI=1S/C20H20N6O2/c1-13-7-9-16(10-8-13)26-15(3)19(14(2)22-26)21-18(27)12-25-20(28)24-11-5-4-6-17(24)23-25/h4-11H,12H2,1-3H3,(H,21,27). The molecule has 0 atom stereocenters. The fraction of sp³-hybridized carbons (Fsp3) is 0.200. The van der Waals surface area contributed by atoms with E-state index in [1.165, 1.54) is 4.40 Å². The van der Waals surface area contributed by atoms with Crippen LogP contribution in [0, 0.1) is 20.8 Å². The van der Waals surface area contributed by atoms with Crippen molar-refractivity contribution in [1.82, 2.24) is 24.0 Å². The van der Waals surface area contributed by atoms with Crippen LogP contribution in [0.4, 0.5) is 5.69 Å². The van der Waals surface area contributed by atoms with E-state index in [9.17, 15) is 9.59 Å². The van der Waals surface area contributed by atoms with Crippen molar-refractivity contribution in [1.29, 1.82) is 0 Å². The summed E-state index contributed by atoms with van der Waals surface area (Å²) in [5.41, 5.74) is 4.39. The van der Waals surface area contributed by atoms with Gasteiger partial charge in [0.05, 0.1) is 22.8 Å². The lowest BCUT2D eigenvalue weighted by molar-refractivity contribution is -0.117. The quantitative estimate of drug-likeness (QED) is 0.592. The summed E-state index contributed by atoms with van der Waals surface area (Å²) in [7, 11) is 0. The molecule has 28 heavy (non-hydrogen) atoms. The minimum Gasteiger partial charge on any atom is -0.321 e. The number of nitrogens with one attached hydrogen (secondary N) is 1. The Morgan fingerprint density at radius 1 is 1.04 bits per heavy atom. The first-order valence-corrected chi connectivity index (χ1v) is 8.91. The van der Waals surface area contributed by atoms with Gasteiger partial charge in [-0.1, -0.05) is 23.8 Å². The molecule has 8 heteroatoms. The summed E-state index contributed by atoms with van der Waals surface area (Å²) in [6.45, 7) is 5.59. The van der Waals surface area contributed by atoms with Crippen LogP contribution in [0.2, 0.25) is 0 Å². The maximum absolute atomic E-state index is 12.5. The molecular weight excluding hydrogens is 356 g/mol. The van der Waals surface area contributed by atoms with E-state index in [-0.39, 0.29) is 18.1 Å². The molecule has 3 aromatic heterocycles. The topological polar surface area (TPSA) is 86.2 Å². The SMILES string of the molecule is Cc1ccc(-n2nc(C)c(NC(=O)Cn3nc4ccccn4c3=O)c2C)cc1. The van der Waals surface area contributed by atoms with E-state index in [0.29, 0.717) is 17.0 Å². The van der Waals surface area contributed by atoms with Crippen molar-refractivity contribution in [3.05, 3.63) is 76.1 Å². The molecule has 0 aliphatic carbocycles. The summed E-state index contributed by atoms with van der Waals surface area (Å²) in [4.78, 5) is 24.9. The molecule has 0 saturated heterocycles. The average Bonchev–Trinajstić information content (AvgIpc) is 3.14. The summed E-state index contributed by atoms with van der Waals surface area (Å²) in [5.74, 6) is -0.333. The molecule has 4 rings (SSSR count). The second-order valence-corrected chi connectivity index (χ2v) is 6.71. The largest absolute Gasteiger partial charge is 0.350 e. The molecule has 0 spiro atoms. The molecule has 0 unspecified atom stereocenters. The first kappa shape index (κ1) is 17.7. The Bertz CT molecular complexity index is 1230. The second kappa shape index (κ2) is 6.80. The number of aryl methyl sites for hydroxylation is 2. The van der Waals surface area contributed by atoms with Crippen molar-refractivity contribution >= 4 is 17.2 Å². The summed E-state index contributed by atoms with van der Waals surface area (Å²) < 4.78 is 4.35. The van der Waals surface area contributed by atoms with Gasteiger partial charge in [-0.25, -0.2) is 14.2 Å². The lowest BCUT2D eigenvalue weighted by Gasteiger charge is -2.07. The number of rotatable bonds is 4. The molecule has 4 aromatic rings. The molecule has 0 saturated carbocycles. The third kappa shape index (κ3) is 3.09. The third-order valence-corrected chi connectivity index (χ3v) is 4.62. The van der Waals surface area contributed by atoms with Crippen LogP contribution in [0.5, 0.6) is 0 Å². The van der Waals surface area contributed by atoms with E-state index < -0.39 is 0 Å². The molecule has 0 aliphatic rings. The Balaban J connectivity index is 1.58. The van der Waals surface area contributed by atoms with E-state index in [4.69, 9.17) is 0 Å². The van der Waals surface area contributed by atoms with Gasteiger partial charge in [0.1, 0.15) is 6.54 Å². The third-order valence-electron chi connectivity index (χ3n) is 4.62. The van der Waals surface area contributed by atoms with Gasteiger partial charge in [-0.15, -0.1) is 5.10 Å². The molecule has 0 aliphatic heterocycles. The minimum absolute atomic E-state index is 0.172. The van der Waals surface area contributed by atoms with Gasteiger partial charge in [0.15, 0.2) is 5.65 Å². The minimum atomic E-state index is -0.352. The van der Waals surface area contributed by atoms with Gasteiger partial charge >= 0.3 is 5.69 Å². The predicted octanol–water partition coefficient (Wildman–Crippen LogP) is 2.25. The smallest absolute Gasteiger partial charge is 0.321 e. The highest BCUT2D eigenvalue weighted by Gasteiger charge is 2.17. The Hall–Kier alpha value is -3.68. The Kier molecular flexibility index (Phi) is 4.31. The number of nitrogens with zero attached hydrogens (tertiary/aromatic N) is 5. The highest BCUT2D eigenvalue weighted by Crippen LogP contribution is 2.23. The van der Waals surface area contributed by atoms with Crippen molar-refractivity contribution in [2.24, 2.45) is 0 Å². The van der Waals surface area contributed by atoms with Crippen molar-refractivity contribution in [3.8, 4) is 5.69 Å². The number of hydrogen-bond donors (Lipinski definition) is 1. The fourth-order valence-electron chi connectivity index (χ4n) is 3.15. The molecule has 1 aromatic carbocycles. The predicted molar refractivity (Wildman–Crippen MR) is 106 cm³/mol. The van der Waals surface area contributed by atoms with E-state index in [0.717, 1.165) is 21.6 Å². The zero-order valence-corrected chi connectivity index (χ0v) is 15.9. The molecular formula is C20H20N6O2. The number of benzene rings is 1. The highest BCUT2D eigenvalue weighted by atomic mass is 16.2. The Morgan fingerprint density at radius 2 is 1.79 bits per heavy atom. The number of anilines is 1. The van der Waals surface area contributed by atoms with E-state index in [1.54, 1.807) is 29.1 Å². The van der Waals surface area contributed by atoms with E-state index in [2.05, 4.69) is 15.5 Å². The van der Waals surface area contributed by atoms with Crippen LogP contribution < -0.4 is 11.0 Å². The summed E-state index contributed by atoms with van der Waals surface area (Å²) in [6.07, 6.45) is 1.62. The number of fused-ring (bicyclic) bond motifs is 1. The van der Waals surface area contributed by atoms with Crippen LogP contribution >= 0.6 is 0 Å². The number of amides is 1. The lowest BCUT2D eigenvalue weighted by Crippen LogP contribution is -2.28. The van der Waals surface area contributed by atoms with Crippen LogP contribution in [0.15, 0.2) is 53.5 Å². The second-order valence-electron chi connectivity index (χ2n) is 6.71.